The molecule has 0 fully saturated rings. The highest BCUT2D eigenvalue weighted by molar-refractivity contribution is 7.89. The topological polar surface area (TPSA) is 76.9 Å². The lowest BCUT2D eigenvalue weighted by atomic mass is 10.0. The van der Waals surface area contributed by atoms with Crippen LogP contribution in [0.5, 0.6) is 0 Å². The van der Waals surface area contributed by atoms with Crippen molar-refractivity contribution in [2.75, 3.05) is 0 Å². The Balaban J connectivity index is 1.93. The summed E-state index contributed by atoms with van der Waals surface area (Å²) in [6.45, 7) is 5.47. The van der Waals surface area contributed by atoms with Crippen LogP contribution in [0.3, 0.4) is 0 Å². The molecule has 0 saturated heterocycles. The minimum absolute atomic E-state index is 0.140. The third kappa shape index (κ3) is 3.55. The molecule has 2 aromatic heterocycles. The molecule has 0 bridgehead atoms. The first-order chi connectivity index (χ1) is 12.2. The van der Waals surface area contributed by atoms with Crippen molar-refractivity contribution in [3.63, 3.8) is 0 Å². The molecule has 3 aromatic rings. The van der Waals surface area contributed by atoms with Crippen LogP contribution in [0.2, 0.25) is 0 Å². The first kappa shape index (κ1) is 18.7. The van der Waals surface area contributed by atoms with E-state index < -0.39 is 21.4 Å². The lowest BCUT2D eigenvalue weighted by molar-refractivity contribution is 0.415. The number of aryl methyl sites for hydroxylation is 1. The molecular weight excluding hydrogens is 375 g/mol. The monoisotopic (exact) mass is 394 g/mol. The van der Waals surface area contributed by atoms with Crippen LogP contribution in [0, 0.1) is 12.7 Å². The van der Waals surface area contributed by atoms with Crippen molar-refractivity contribution in [2.45, 2.75) is 37.6 Å². The molecular formula is C17H19FN4O2S2. The average Bonchev–Trinajstić information content (AvgIpc) is 3.26. The van der Waals surface area contributed by atoms with E-state index in [-0.39, 0.29) is 10.6 Å². The molecule has 0 spiro atoms. The van der Waals surface area contributed by atoms with E-state index in [2.05, 4.69) is 14.8 Å². The van der Waals surface area contributed by atoms with E-state index in [0.29, 0.717) is 11.4 Å². The van der Waals surface area contributed by atoms with Gasteiger partial charge in [0.05, 0.1) is 16.6 Å². The molecule has 0 saturated carbocycles. The summed E-state index contributed by atoms with van der Waals surface area (Å²) in [5, 5.41) is 6.50. The molecule has 1 N–H and O–H groups in total. The standard InChI is InChI=1S/C17H19FN4O2S2/c1-4-17(3,16-19-7-8-25-16)21-26(23,24)13-5-6-15(14(18)9-13)22-11-12(2)10-20-22/h5-11,21H,4H2,1-3H3. The van der Waals surface area contributed by atoms with E-state index in [0.717, 1.165) is 11.6 Å². The van der Waals surface area contributed by atoms with Gasteiger partial charge in [-0.05, 0) is 44.0 Å². The number of benzene rings is 1. The van der Waals surface area contributed by atoms with Crippen molar-refractivity contribution in [1.82, 2.24) is 19.5 Å². The van der Waals surface area contributed by atoms with Crippen LogP contribution in [-0.2, 0) is 15.6 Å². The van der Waals surface area contributed by atoms with Gasteiger partial charge in [-0.15, -0.1) is 11.3 Å². The van der Waals surface area contributed by atoms with Gasteiger partial charge in [0, 0.05) is 17.8 Å². The largest absolute Gasteiger partial charge is 0.248 e. The quantitative estimate of drug-likeness (QED) is 0.695. The van der Waals surface area contributed by atoms with Gasteiger partial charge in [0.15, 0.2) is 0 Å². The molecule has 26 heavy (non-hydrogen) atoms. The number of hydrogen-bond donors (Lipinski definition) is 1. The second-order valence-corrected chi connectivity index (χ2v) is 8.78. The normalized spacial score (nSPS) is 14.3. The number of aromatic nitrogens is 3. The summed E-state index contributed by atoms with van der Waals surface area (Å²) in [5.41, 5.74) is 0.210. The molecule has 1 aromatic carbocycles. The maximum atomic E-state index is 14.5. The predicted molar refractivity (Wildman–Crippen MR) is 98.3 cm³/mol. The Bertz CT molecular complexity index is 1020. The van der Waals surface area contributed by atoms with E-state index in [9.17, 15) is 12.8 Å². The van der Waals surface area contributed by atoms with Gasteiger partial charge in [-0.1, -0.05) is 6.92 Å². The highest BCUT2D eigenvalue weighted by atomic mass is 32.2. The Kier molecular flexibility index (Phi) is 4.96. The SMILES string of the molecule is CCC(C)(NS(=O)(=O)c1ccc(-n2cc(C)cn2)c(F)c1)c1nccs1. The number of thiazole rings is 1. The zero-order valence-corrected chi connectivity index (χ0v) is 16.2. The molecule has 0 radical (unpaired) electrons. The summed E-state index contributed by atoms with van der Waals surface area (Å²) in [6, 6.07) is 3.78. The molecule has 6 nitrogen and oxygen atoms in total. The van der Waals surface area contributed by atoms with Crippen molar-refractivity contribution in [1.29, 1.82) is 0 Å². The highest BCUT2D eigenvalue weighted by Crippen LogP contribution is 2.29. The van der Waals surface area contributed by atoms with Crippen molar-refractivity contribution in [3.05, 3.63) is 58.6 Å². The molecule has 9 heteroatoms. The Labute approximate surface area is 155 Å². The Morgan fingerprint density at radius 2 is 2.15 bits per heavy atom. The van der Waals surface area contributed by atoms with E-state index in [1.165, 1.54) is 28.2 Å². The molecule has 138 valence electrons. The third-order valence-electron chi connectivity index (χ3n) is 4.16. The molecule has 1 unspecified atom stereocenters. The van der Waals surface area contributed by atoms with Gasteiger partial charge in [-0.25, -0.2) is 22.5 Å². The van der Waals surface area contributed by atoms with Crippen molar-refractivity contribution < 1.29 is 12.8 Å². The first-order valence-corrected chi connectivity index (χ1v) is 10.4. The number of nitrogens with one attached hydrogen (secondary N) is 1. The lowest BCUT2D eigenvalue weighted by Gasteiger charge is -2.27. The van der Waals surface area contributed by atoms with Crippen molar-refractivity contribution in [2.24, 2.45) is 0 Å². The van der Waals surface area contributed by atoms with Crippen LogP contribution in [0.1, 0.15) is 30.8 Å². The number of halogens is 1. The molecule has 0 amide bonds. The van der Waals surface area contributed by atoms with E-state index in [1.54, 1.807) is 30.9 Å². The van der Waals surface area contributed by atoms with Gasteiger partial charge in [-0.3, -0.25) is 0 Å². The van der Waals surface area contributed by atoms with Gasteiger partial charge >= 0.3 is 0 Å². The third-order valence-corrected chi connectivity index (χ3v) is 6.79. The van der Waals surface area contributed by atoms with Crippen LogP contribution in [0.25, 0.3) is 5.69 Å². The van der Waals surface area contributed by atoms with Crippen LogP contribution in [0.4, 0.5) is 4.39 Å². The Morgan fingerprint density at radius 1 is 1.38 bits per heavy atom. The smallest absolute Gasteiger partial charge is 0.241 e. The second-order valence-electron chi connectivity index (χ2n) is 6.20. The van der Waals surface area contributed by atoms with Crippen LogP contribution < -0.4 is 4.72 Å². The van der Waals surface area contributed by atoms with Gasteiger partial charge in [-0.2, -0.15) is 9.82 Å². The molecule has 0 aliphatic heterocycles. The average molecular weight is 394 g/mol. The Hall–Kier alpha value is -2.10. The molecule has 2 heterocycles. The minimum atomic E-state index is -3.93. The number of hydrogen-bond acceptors (Lipinski definition) is 5. The molecule has 0 aliphatic rings. The van der Waals surface area contributed by atoms with Crippen molar-refractivity contribution >= 4 is 21.4 Å². The highest BCUT2D eigenvalue weighted by Gasteiger charge is 2.33. The summed E-state index contributed by atoms with van der Waals surface area (Å²) in [4.78, 5) is 4.08. The van der Waals surface area contributed by atoms with E-state index >= 15 is 0 Å². The van der Waals surface area contributed by atoms with Crippen LogP contribution >= 0.6 is 11.3 Å². The maximum Gasteiger partial charge on any atom is 0.241 e. The van der Waals surface area contributed by atoms with Gasteiger partial charge < -0.3 is 0 Å². The minimum Gasteiger partial charge on any atom is -0.248 e. The van der Waals surface area contributed by atoms with E-state index in [1.807, 2.05) is 13.8 Å². The van der Waals surface area contributed by atoms with Crippen LogP contribution in [0.15, 0.2) is 47.1 Å². The first-order valence-electron chi connectivity index (χ1n) is 8.00. The number of sulfonamides is 1. The molecule has 3 rings (SSSR count). The number of nitrogens with zero attached hydrogens (tertiary/aromatic N) is 3. The van der Waals surface area contributed by atoms with Gasteiger partial charge in [0.2, 0.25) is 10.0 Å². The summed E-state index contributed by atoms with van der Waals surface area (Å²) < 4.78 is 44.1. The second kappa shape index (κ2) is 6.90. The fourth-order valence-corrected chi connectivity index (χ4v) is 4.85. The van der Waals surface area contributed by atoms with Crippen molar-refractivity contribution in [3.8, 4) is 5.69 Å². The van der Waals surface area contributed by atoms with Crippen LogP contribution in [-0.4, -0.2) is 23.2 Å². The molecule has 1 atom stereocenters. The summed E-state index contributed by atoms with van der Waals surface area (Å²) in [7, 11) is -3.93. The fourth-order valence-electron chi connectivity index (χ4n) is 2.50. The number of rotatable bonds is 6. The Morgan fingerprint density at radius 3 is 2.69 bits per heavy atom. The summed E-state index contributed by atoms with van der Waals surface area (Å²) in [5.74, 6) is -0.663. The zero-order chi connectivity index (χ0) is 18.9. The maximum absolute atomic E-state index is 14.5. The van der Waals surface area contributed by atoms with E-state index in [4.69, 9.17) is 0 Å². The predicted octanol–water partition coefficient (Wildman–Crippen LogP) is 3.38. The van der Waals surface area contributed by atoms with Gasteiger partial charge in [0.25, 0.3) is 0 Å². The summed E-state index contributed by atoms with van der Waals surface area (Å²) in [6.07, 6.45) is 5.41. The van der Waals surface area contributed by atoms with Gasteiger partial charge in [0.1, 0.15) is 16.5 Å². The summed E-state index contributed by atoms with van der Waals surface area (Å²) >= 11 is 1.37. The molecule has 0 aliphatic carbocycles. The zero-order valence-electron chi connectivity index (χ0n) is 14.6. The lowest BCUT2D eigenvalue weighted by Crippen LogP contribution is -2.42. The fraction of sp³-hybridized carbons (Fsp3) is 0.294.